The second-order valence-electron chi connectivity index (χ2n) is 4.30. The number of carbonyl (C=O) groups is 1. The standard InChI is InChI=1S/C15H12BrN3O/c1-9-3-2-4-14(12(9)8-17)19-15(20)11-7-10(18)5-6-13(11)16/h2-7H,18H2,1H3,(H,19,20). The lowest BCUT2D eigenvalue weighted by atomic mass is 10.1. The van der Waals surface area contributed by atoms with Gasteiger partial charge in [-0.1, -0.05) is 12.1 Å². The van der Waals surface area contributed by atoms with Crippen molar-refractivity contribution >= 4 is 33.2 Å². The van der Waals surface area contributed by atoms with E-state index in [0.717, 1.165) is 5.56 Å². The number of nitrogen functional groups attached to an aromatic ring is 1. The Morgan fingerprint density at radius 3 is 2.80 bits per heavy atom. The minimum atomic E-state index is -0.314. The molecule has 3 N–H and O–H groups in total. The van der Waals surface area contributed by atoms with Gasteiger partial charge in [0.1, 0.15) is 6.07 Å². The van der Waals surface area contributed by atoms with Crippen LogP contribution in [0.15, 0.2) is 40.9 Å². The number of anilines is 2. The minimum Gasteiger partial charge on any atom is -0.399 e. The highest BCUT2D eigenvalue weighted by Gasteiger charge is 2.13. The number of carbonyl (C=O) groups excluding carboxylic acids is 1. The summed E-state index contributed by atoms with van der Waals surface area (Å²) in [5.74, 6) is -0.314. The zero-order valence-electron chi connectivity index (χ0n) is 10.8. The summed E-state index contributed by atoms with van der Waals surface area (Å²) in [6.45, 7) is 1.82. The van der Waals surface area contributed by atoms with E-state index in [1.807, 2.05) is 13.0 Å². The summed E-state index contributed by atoms with van der Waals surface area (Å²) in [5, 5.41) is 11.9. The molecular weight excluding hydrogens is 318 g/mol. The smallest absolute Gasteiger partial charge is 0.256 e. The summed E-state index contributed by atoms with van der Waals surface area (Å²) in [5.41, 5.74) is 8.38. The van der Waals surface area contributed by atoms with Crippen LogP contribution in [0.1, 0.15) is 21.5 Å². The summed E-state index contributed by atoms with van der Waals surface area (Å²) in [4.78, 5) is 12.3. The Balaban J connectivity index is 2.36. The number of halogens is 1. The molecule has 0 saturated carbocycles. The second-order valence-corrected chi connectivity index (χ2v) is 5.16. The predicted molar refractivity (Wildman–Crippen MR) is 82.4 cm³/mol. The maximum atomic E-state index is 12.3. The molecule has 2 aromatic rings. The first-order chi connectivity index (χ1) is 9.52. The maximum Gasteiger partial charge on any atom is 0.256 e. The highest BCUT2D eigenvalue weighted by molar-refractivity contribution is 9.10. The Hall–Kier alpha value is -2.32. The largest absolute Gasteiger partial charge is 0.399 e. The van der Waals surface area contributed by atoms with E-state index in [1.165, 1.54) is 0 Å². The van der Waals surface area contributed by atoms with Crippen molar-refractivity contribution in [3.63, 3.8) is 0 Å². The molecule has 0 aromatic heterocycles. The number of aryl methyl sites for hydroxylation is 1. The molecule has 0 unspecified atom stereocenters. The van der Waals surface area contributed by atoms with Crippen molar-refractivity contribution in [3.05, 3.63) is 57.6 Å². The van der Waals surface area contributed by atoms with E-state index in [-0.39, 0.29) is 5.91 Å². The van der Waals surface area contributed by atoms with E-state index >= 15 is 0 Å². The molecule has 2 aromatic carbocycles. The van der Waals surface area contributed by atoms with Gasteiger partial charge < -0.3 is 11.1 Å². The van der Waals surface area contributed by atoms with Gasteiger partial charge in [-0.2, -0.15) is 5.26 Å². The SMILES string of the molecule is Cc1cccc(NC(=O)c2cc(N)ccc2Br)c1C#N. The summed E-state index contributed by atoms with van der Waals surface area (Å²) in [7, 11) is 0. The summed E-state index contributed by atoms with van der Waals surface area (Å²) >= 11 is 3.31. The highest BCUT2D eigenvalue weighted by atomic mass is 79.9. The maximum absolute atomic E-state index is 12.3. The number of nitrogens with two attached hydrogens (primary N) is 1. The lowest BCUT2D eigenvalue weighted by Gasteiger charge is -2.10. The van der Waals surface area contributed by atoms with Gasteiger partial charge in [0.05, 0.1) is 16.8 Å². The molecule has 0 aliphatic heterocycles. The first kappa shape index (κ1) is 14.1. The van der Waals surface area contributed by atoms with Crippen LogP contribution >= 0.6 is 15.9 Å². The normalized spacial score (nSPS) is 9.85. The summed E-state index contributed by atoms with van der Waals surface area (Å²) < 4.78 is 0.648. The van der Waals surface area contributed by atoms with Crippen molar-refractivity contribution < 1.29 is 4.79 Å². The monoisotopic (exact) mass is 329 g/mol. The second kappa shape index (κ2) is 5.76. The van der Waals surface area contributed by atoms with Crippen molar-refractivity contribution in [1.29, 1.82) is 5.26 Å². The molecule has 5 heteroatoms. The van der Waals surface area contributed by atoms with Gasteiger partial charge in [-0.25, -0.2) is 0 Å². The third-order valence-corrected chi connectivity index (χ3v) is 3.56. The van der Waals surface area contributed by atoms with Gasteiger partial charge in [0.15, 0.2) is 0 Å². The van der Waals surface area contributed by atoms with Crippen molar-refractivity contribution in [3.8, 4) is 6.07 Å². The van der Waals surface area contributed by atoms with Crippen molar-refractivity contribution in [2.75, 3.05) is 11.1 Å². The summed E-state index contributed by atoms with van der Waals surface area (Å²) in [6.07, 6.45) is 0. The van der Waals surface area contributed by atoms with E-state index in [0.29, 0.717) is 27.0 Å². The van der Waals surface area contributed by atoms with Crippen molar-refractivity contribution in [2.24, 2.45) is 0 Å². The lowest BCUT2D eigenvalue weighted by Crippen LogP contribution is -2.14. The predicted octanol–water partition coefficient (Wildman–Crippen LogP) is 3.46. The van der Waals surface area contributed by atoms with Crippen LogP contribution in [0.3, 0.4) is 0 Å². The molecular formula is C15H12BrN3O. The zero-order chi connectivity index (χ0) is 14.7. The summed E-state index contributed by atoms with van der Waals surface area (Å²) in [6, 6.07) is 12.4. The molecule has 100 valence electrons. The number of nitrogens with zero attached hydrogens (tertiary/aromatic N) is 1. The fourth-order valence-corrected chi connectivity index (χ4v) is 2.25. The molecule has 0 aliphatic carbocycles. The first-order valence-electron chi connectivity index (χ1n) is 5.89. The number of rotatable bonds is 2. The average Bonchev–Trinajstić information content (AvgIpc) is 2.41. The Morgan fingerprint density at radius 2 is 2.10 bits per heavy atom. The van der Waals surface area contributed by atoms with Crippen LogP contribution in [0.25, 0.3) is 0 Å². The molecule has 0 radical (unpaired) electrons. The topological polar surface area (TPSA) is 78.9 Å². The Bertz CT molecular complexity index is 720. The van der Waals surface area contributed by atoms with E-state index in [9.17, 15) is 4.79 Å². The quantitative estimate of drug-likeness (QED) is 0.828. The van der Waals surface area contributed by atoms with Crippen molar-refractivity contribution in [1.82, 2.24) is 0 Å². The number of nitrogens with one attached hydrogen (secondary N) is 1. The minimum absolute atomic E-state index is 0.314. The van der Waals surface area contributed by atoms with Crippen LogP contribution in [0.4, 0.5) is 11.4 Å². The van der Waals surface area contributed by atoms with E-state index in [1.54, 1.807) is 30.3 Å². The van der Waals surface area contributed by atoms with Gasteiger partial charge in [-0.3, -0.25) is 4.79 Å². The molecule has 0 atom stereocenters. The van der Waals surface area contributed by atoms with Gasteiger partial charge in [0.2, 0.25) is 0 Å². The fraction of sp³-hybridized carbons (Fsp3) is 0.0667. The van der Waals surface area contributed by atoms with Gasteiger partial charge in [-0.15, -0.1) is 0 Å². The number of hydrogen-bond donors (Lipinski definition) is 2. The average molecular weight is 330 g/mol. The van der Waals surface area contributed by atoms with Crippen LogP contribution < -0.4 is 11.1 Å². The number of amides is 1. The fourth-order valence-electron chi connectivity index (χ4n) is 1.83. The number of benzene rings is 2. The van der Waals surface area contributed by atoms with Gasteiger partial charge in [0, 0.05) is 10.2 Å². The molecule has 0 aliphatic rings. The van der Waals surface area contributed by atoms with Gasteiger partial charge in [0.25, 0.3) is 5.91 Å². The van der Waals surface area contributed by atoms with Crippen LogP contribution in [0, 0.1) is 18.3 Å². The third kappa shape index (κ3) is 2.81. The van der Waals surface area contributed by atoms with Crippen molar-refractivity contribution in [2.45, 2.75) is 6.92 Å². The van der Waals surface area contributed by atoms with Crippen LogP contribution in [-0.4, -0.2) is 5.91 Å². The number of hydrogen-bond acceptors (Lipinski definition) is 3. The molecule has 0 fully saturated rings. The lowest BCUT2D eigenvalue weighted by molar-refractivity contribution is 0.102. The molecule has 0 heterocycles. The van der Waals surface area contributed by atoms with Crippen LogP contribution in [-0.2, 0) is 0 Å². The highest BCUT2D eigenvalue weighted by Crippen LogP contribution is 2.23. The van der Waals surface area contributed by atoms with Crippen LogP contribution in [0.5, 0.6) is 0 Å². The molecule has 4 nitrogen and oxygen atoms in total. The van der Waals surface area contributed by atoms with E-state index < -0.39 is 0 Å². The Morgan fingerprint density at radius 1 is 1.35 bits per heavy atom. The van der Waals surface area contributed by atoms with Gasteiger partial charge >= 0.3 is 0 Å². The Labute approximate surface area is 125 Å². The van der Waals surface area contributed by atoms with E-state index in [2.05, 4.69) is 27.3 Å². The molecule has 0 bridgehead atoms. The third-order valence-electron chi connectivity index (χ3n) is 2.87. The molecule has 0 saturated heterocycles. The van der Waals surface area contributed by atoms with Gasteiger partial charge in [-0.05, 0) is 52.7 Å². The Kier molecular flexibility index (Phi) is 4.06. The van der Waals surface area contributed by atoms with Crippen LogP contribution in [0.2, 0.25) is 0 Å². The molecule has 20 heavy (non-hydrogen) atoms. The molecule has 1 amide bonds. The first-order valence-corrected chi connectivity index (χ1v) is 6.68. The molecule has 0 spiro atoms. The van der Waals surface area contributed by atoms with E-state index in [4.69, 9.17) is 11.0 Å². The molecule has 2 rings (SSSR count). The number of nitriles is 1. The zero-order valence-corrected chi connectivity index (χ0v) is 12.4.